The molecule has 0 aliphatic rings. The fraction of sp³-hybridized carbons (Fsp3) is 0.129. The Hall–Kier alpha value is -5.51. The summed E-state index contributed by atoms with van der Waals surface area (Å²) in [5.41, 5.74) is 7.76. The summed E-state index contributed by atoms with van der Waals surface area (Å²) in [6.07, 6.45) is 3.55. The van der Waals surface area contributed by atoms with Crippen molar-refractivity contribution in [2.75, 3.05) is 7.05 Å². The van der Waals surface area contributed by atoms with Crippen LogP contribution in [0.1, 0.15) is 10.4 Å². The minimum Gasteiger partial charge on any atom is -0.355 e. The topological polar surface area (TPSA) is 105 Å². The molecule has 10 nitrogen and oxygen atoms in total. The number of pyridine rings is 1. The first-order valence-electron chi connectivity index (χ1n) is 13.1. The third-order valence-electron chi connectivity index (χ3n) is 7.69. The lowest BCUT2D eigenvalue weighted by Crippen LogP contribution is -2.19. The second kappa shape index (κ2) is 9.02. The minimum absolute atomic E-state index is 0.0935. The van der Waals surface area contributed by atoms with Crippen LogP contribution in [0.2, 0.25) is 0 Å². The van der Waals surface area contributed by atoms with Crippen LogP contribution in [0.15, 0.2) is 84.0 Å². The van der Waals surface area contributed by atoms with Crippen molar-refractivity contribution in [3.8, 4) is 28.5 Å². The molecule has 202 valence electrons. The van der Waals surface area contributed by atoms with E-state index in [1.165, 1.54) is 0 Å². The van der Waals surface area contributed by atoms with Crippen LogP contribution < -0.4 is 11.0 Å². The zero-order valence-electron chi connectivity index (χ0n) is 23.0. The number of imidazole rings is 3. The highest BCUT2D eigenvalue weighted by Gasteiger charge is 2.21. The maximum atomic E-state index is 12.7. The van der Waals surface area contributed by atoms with Gasteiger partial charge in [0.15, 0.2) is 0 Å². The van der Waals surface area contributed by atoms with Crippen molar-refractivity contribution in [1.29, 1.82) is 0 Å². The maximum Gasteiger partial charge on any atom is 0.328 e. The summed E-state index contributed by atoms with van der Waals surface area (Å²) in [5, 5.41) is 3.63. The minimum atomic E-state index is -0.184. The van der Waals surface area contributed by atoms with Crippen LogP contribution in [0.25, 0.3) is 61.4 Å². The van der Waals surface area contributed by atoms with Gasteiger partial charge in [0.1, 0.15) is 5.82 Å². The van der Waals surface area contributed by atoms with Gasteiger partial charge in [-0.1, -0.05) is 18.2 Å². The van der Waals surface area contributed by atoms with Crippen molar-refractivity contribution in [3.63, 3.8) is 0 Å². The van der Waals surface area contributed by atoms with Gasteiger partial charge < -0.3 is 9.88 Å². The molecule has 4 heterocycles. The van der Waals surface area contributed by atoms with Crippen LogP contribution in [0, 0.1) is 0 Å². The van der Waals surface area contributed by atoms with Gasteiger partial charge in [-0.05, 0) is 48.5 Å². The smallest absolute Gasteiger partial charge is 0.328 e. The molecule has 0 unspecified atom stereocenters. The van der Waals surface area contributed by atoms with E-state index in [9.17, 15) is 9.59 Å². The van der Waals surface area contributed by atoms with Crippen molar-refractivity contribution in [3.05, 3.63) is 95.3 Å². The molecule has 0 radical (unpaired) electrons. The lowest BCUT2D eigenvalue weighted by Gasteiger charge is -2.14. The second-order valence-corrected chi connectivity index (χ2v) is 10.1. The van der Waals surface area contributed by atoms with E-state index < -0.39 is 0 Å². The lowest BCUT2D eigenvalue weighted by atomic mass is 10.1. The number of nitrogens with one attached hydrogen (secondary N) is 1. The van der Waals surface area contributed by atoms with Gasteiger partial charge in [0, 0.05) is 50.4 Å². The van der Waals surface area contributed by atoms with E-state index in [1.807, 2.05) is 66.2 Å². The Labute approximate surface area is 234 Å². The number of carbonyl (C=O) groups is 1. The molecule has 0 saturated heterocycles. The molecule has 0 aliphatic carbocycles. The van der Waals surface area contributed by atoms with Gasteiger partial charge in [-0.15, -0.1) is 0 Å². The molecule has 0 atom stereocenters. The number of aromatic nitrogens is 7. The first-order valence-corrected chi connectivity index (χ1v) is 13.1. The zero-order valence-corrected chi connectivity index (χ0v) is 23.0. The van der Waals surface area contributed by atoms with E-state index >= 15 is 0 Å². The Kier molecular flexibility index (Phi) is 5.40. The van der Waals surface area contributed by atoms with Crippen LogP contribution in [0.3, 0.4) is 0 Å². The third kappa shape index (κ3) is 3.68. The van der Waals surface area contributed by atoms with Crippen molar-refractivity contribution < 1.29 is 4.79 Å². The highest BCUT2D eigenvalue weighted by molar-refractivity contribution is 6.00. The summed E-state index contributed by atoms with van der Waals surface area (Å²) in [4.78, 5) is 39.5. The molecule has 1 amide bonds. The Morgan fingerprint density at radius 2 is 1.61 bits per heavy atom. The van der Waals surface area contributed by atoms with Gasteiger partial charge in [-0.25, -0.2) is 19.7 Å². The summed E-state index contributed by atoms with van der Waals surface area (Å²) >= 11 is 0. The first-order chi connectivity index (χ1) is 19.9. The molecule has 0 aliphatic heterocycles. The van der Waals surface area contributed by atoms with Crippen LogP contribution in [-0.2, 0) is 21.1 Å². The molecular weight excluding hydrogens is 516 g/mol. The molecule has 1 N–H and O–H groups in total. The van der Waals surface area contributed by atoms with E-state index in [4.69, 9.17) is 9.97 Å². The fourth-order valence-electron chi connectivity index (χ4n) is 5.54. The Balaban J connectivity index is 1.58. The van der Waals surface area contributed by atoms with Crippen LogP contribution in [0.5, 0.6) is 0 Å². The van der Waals surface area contributed by atoms with Crippen LogP contribution in [0.4, 0.5) is 0 Å². The Morgan fingerprint density at radius 1 is 0.829 bits per heavy atom. The predicted octanol–water partition coefficient (Wildman–Crippen LogP) is 4.19. The van der Waals surface area contributed by atoms with Gasteiger partial charge in [-0.3, -0.25) is 18.5 Å². The molecule has 0 spiro atoms. The summed E-state index contributed by atoms with van der Waals surface area (Å²) in [6, 6.07) is 21.5. The normalized spacial score (nSPS) is 11.6. The quantitative estimate of drug-likeness (QED) is 0.359. The van der Waals surface area contributed by atoms with Gasteiger partial charge >= 0.3 is 5.69 Å². The summed E-state index contributed by atoms with van der Waals surface area (Å²) in [6.45, 7) is 0. The molecular formula is C31H26N8O2. The highest BCUT2D eigenvalue weighted by Crippen LogP contribution is 2.36. The Bertz CT molecular complexity index is 2230. The number of amides is 1. The zero-order chi connectivity index (χ0) is 28.4. The molecule has 10 heteroatoms. The average Bonchev–Trinajstić information content (AvgIpc) is 3.66. The average molecular weight is 543 g/mol. The number of carbonyl (C=O) groups excluding carboxylic acids is 1. The Morgan fingerprint density at radius 3 is 2.39 bits per heavy atom. The van der Waals surface area contributed by atoms with Gasteiger partial charge in [-0.2, -0.15) is 0 Å². The molecule has 4 aromatic heterocycles. The van der Waals surface area contributed by atoms with E-state index in [1.54, 1.807) is 54.9 Å². The highest BCUT2D eigenvalue weighted by atomic mass is 16.2. The predicted molar refractivity (Wildman–Crippen MR) is 159 cm³/mol. The molecule has 7 rings (SSSR count). The molecule has 41 heavy (non-hydrogen) atoms. The van der Waals surface area contributed by atoms with Gasteiger partial charge in [0.25, 0.3) is 5.91 Å². The van der Waals surface area contributed by atoms with Crippen molar-refractivity contribution in [2.24, 2.45) is 21.1 Å². The van der Waals surface area contributed by atoms with E-state index in [-0.39, 0.29) is 11.6 Å². The number of para-hydroxylation sites is 1. The van der Waals surface area contributed by atoms with E-state index in [2.05, 4.69) is 14.9 Å². The third-order valence-corrected chi connectivity index (χ3v) is 7.69. The fourth-order valence-corrected chi connectivity index (χ4v) is 5.54. The number of nitrogens with zero attached hydrogens (tertiary/aromatic N) is 7. The summed E-state index contributed by atoms with van der Waals surface area (Å²) in [7, 11) is 7.09. The number of fused-ring (bicyclic) bond motifs is 3. The molecule has 0 bridgehead atoms. The molecule has 3 aromatic carbocycles. The molecule has 0 fully saturated rings. The molecule has 0 saturated carbocycles. The molecule has 7 aromatic rings. The number of hydrogen-bond acceptors (Lipinski definition) is 5. The lowest BCUT2D eigenvalue weighted by molar-refractivity contribution is 0.0963. The van der Waals surface area contributed by atoms with Crippen molar-refractivity contribution >= 4 is 38.9 Å². The first kappa shape index (κ1) is 24.5. The van der Waals surface area contributed by atoms with E-state index in [0.717, 1.165) is 50.1 Å². The maximum absolute atomic E-state index is 12.7. The van der Waals surface area contributed by atoms with Gasteiger partial charge in [0.2, 0.25) is 0 Å². The number of aryl methyl sites for hydroxylation is 3. The summed E-state index contributed by atoms with van der Waals surface area (Å²) < 4.78 is 7.29. The number of hydrogen-bond donors (Lipinski definition) is 1. The van der Waals surface area contributed by atoms with Crippen LogP contribution in [-0.4, -0.2) is 46.2 Å². The van der Waals surface area contributed by atoms with Crippen molar-refractivity contribution in [2.45, 2.75) is 0 Å². The van der Waals surface area contributed by atoms with Gasteiger partial charge in [0.05, 0.1) is 51.5 Å². The van der Waals surface area contributed by atoms with Crippen LogP contribution >= 0.6 is 0 Å². The standard InChI is InChI=1S/C31H26N8O2/c1-32-30(40)18-9-11-25-23(13-18)35-29(39(25)19-10-12-26-27(14-19)38(4)31(41)37(26)3)21-15-24(28-16-33-17-36(28)2)34-22-8-6-5-7-20(21)22/h5-17H,1-4H3,(H,32,40). The second-order valence-electron chi connectivity index (χ2n) is 10.1. The number of benzene rings is 3. The van der Waals surface area contributed by atoms with E-state index in [0.29, 0.717) is 16.9 Å². The monoisotopic (exact) mass is 542 g/mol. The summed E-state index contributed by atoms with van der Waals surface area (Å²) in [5.74, 6) is 0.507. The number of rotatable bonds is 4. The largest absolute Gasteiger partial charge is 0.355 e. The SMILES string of the molecule is CNC(=O)c1ccc2c(c1)nc(-c1cc(-c3cncn3C)nc3ccccc13)n2-c1ccc2c(c1)n(C)c(=O)n2C. The van der Waals surface area contributed by atoms with Crippen molar-refractivity contribution in [1.82, 2.24) is 38.5 Å².